The second-order valence-electron chi connectivity index (χ2n) is 4.13. The number of rotatable bonds is 2. The van der Waals surface area contributed by atoms with Gasteiger partial charge in [-0.2, -0.15) is 0 Å². The Morgan fingerprint density at radius 3 is 3.18 bits per heavy atom. The lowest BCUT2D eigenvalue weighted by atomic mass is 10.2. The zero-order valence-corrected chi connectivity index (χ0v) is 10.5. The molecule has 0 radical (unpaired) electrons. The van der Waals surface area contributed by atoms with Crippen molar-refractivity contribution in [3.63, 3.8) is 0 Å². The summed E-state index contributed by atoms with van der Waals surface area (Å²) in [4.78, 5) is 8.92. The Balaban J connectivity index is 1.90. The number of ether oxygens (including phenoxy) is 1. The van der Waals surface area contributed by atoms with Crippen LogP contribution in [0.2, 0.25) is 0 Å². The van der Waals surface area contributed by atoms with Gasteiger partial charge in [0, 0.05) is 31.0 Å². The van der Waals surface area contributed by atoms with E-state index in [4.69, 9.17) is 4.74 Å². The van der Waals surface area contributed by atoms with E-state index >= 15 is 0 Å². The van der Waals surface area contributed by atoms with Crippen molar-refractivity contribution >= 4 is 11.3 Å². The molecule has 5 heteroatoms. The lowest BCUT2D eigenvalue weighted by molar-refractivity contribution is 0.0295. The zero-order chi connectivity index (χ0) is 11.7. The monoisotopic (exact) mass is 249 g/mol. The molecule has 3 rings (SSSR count). The number of aromatic nitrogens is 2. The van der Waals surface area contributed by atoms with Gasteiger partial charge < -0.3 is 15.0 Å². The smallest absolute Gasteiger partial charge is 0.125 e. The van der Waals surface area contributed by atoms with E-state index in [0.29, 0.717) is 0 Å². The van der Waals surface area contributed by atoms with Crippen molar-refractivity contribution in [3.05, 3.63) is 29.0 Å². The molecule has 2 aromatic rings. The van der Waals surface area contributed by atoms with Crippen molar-refractivity contribution in [2.45, 2.75) is 13.0 Å². The number of H-pyrrole nitrogens is 1. The van der Waals surface area contributed by atoms with Crippen molar-refractivity contribution < 1.29 is 4.74 Å². The van der Waals surface area contributed by atoms with E-state index in [2.05, 4.69) is 22.2 Å². The largest absolute Gasteiger partial charge is 0.370 e. The van der Waals surface area contributed by atoms with Crippen molar-refractivity contribution in [2.24, 2.45) is 0 Å². The predicted molar refractivity (Wildman–Crippen MR) is 68.2 cm³/mol. The van der Waals surface area contributed by atoms with E-state index in [1.54, 1.807) is 11.3 Å². The highest BCUT2D eigenvalue weighted by Crippen LogP contribution is 2.33. The van der Waals surface area contributed by atoms with Gasteiger partial charge in [-0.1, -0.05) is 0 Å². The van der Waals surface area contributed by atoms with Crippen LogP contribution in [0, 0.1) is 6.92 Å². The van der Waals surface area contributed by atoms with E-state index in [1.807, 2.05) is 18.5 Å². The van der Waals surface area contributed by atoms with E-state index in [0.717, 1.165) is 36.0 Å². The maximum absolute atomic E-state index is 5.78. The molecular formula is C12H15N3OS. The first kappa shape index (κ1) is 11.0. The number of hydrogen-bond acceptors (Lipinski definition) is 4. The quantitative estimate of drug-likeness (QED) is 0.857. The predicted octanol–water partition coefficient (Wildman–Crippen LogP) is 2.11. The Labute approximate surface area is 104 Å². The zero-order valence-electron chi connectivity index (χ0n) is 9.69. The molecule has 17 heavy (non-hydrogen) atoms. The summed E-state index contributed by atoms with van der Waals surface area (Å²) >= 11 is 1.73. The van der Waals surface area contributed by atoms with Crippen LogP contribution in [0.1, 0.15) is 16.7 Å². The minimum Gasteiger partial charge on any atom is -0.370 e. The van der Waals surface area contributed by atoms with Gasteiger partial charge in [0.05, 0.1) is 17.2 Å². The highest BCUT2D eigenvalue weighted by molar-refractivity contribution is 7.15. The summed E-state index contributed by atoms with van der Waals surface area (Å²) < 4.78 is 5.78. The van der Waals surface area contributed by atoms with Crippen LogP contribution in [-0.4, -0.2) is 29.7 Å². The lowest BCUT2D eigenvalue weighted by Gasteiger charge is -2.22. The van der Waals surface area contributed by atoms with Crippen LogP contribution in [0.4, 0.5) is 0 Å². The van der Waals surface area contributed by atoms with Crippen molar-refractivity contribution in [1.82, 2.24) is 15.3 Å². The minimum absolute atomic E-state index is 0.161. The number of thiazole rings is 1. The molecular weight excluding hydrogens is 234 g/mol. The standard InChI is InChI=1S/C12H15N3OS/c1-8-11(10-7-14-4-5-16-10)17-12(15-8)9-2-3-13-6-9/h2-3,6,10,13-14H,4-5,7H2,1H3. The fraction of sp³-hybridized carbons (Fsp3) is 0.417. The first-order chi connectivity index (χ1) is 8.34. The van der Waals surface area contributed by atoms with Crippen LogP contribution < -0.4 is 5.32 Å². The van der Waals surface area contributed by atoms with Crippen LogP contribution in [0.5, 0.6) is 0 Å². The van der Waals surface area contributed by atoms with Gasteiger partial charge in [-0.15, -0.1) is 11.3 Å². The van der Waals surface area contributed by atoms with Gasteiger partial charge in [-0.05, 0) is 13.0 Å². The normalized spacial score (nSPS) is 20.6. The van der Waals surface area contributed by atoms with Crippen molar-refractivity contribution in [2.75, 3.05) is 19.7 Å². The molecule has 2 aromatic heterocycles. The molecule has 3 heterocycles. The van der Waals surface area contributed by atoms with Gasteiger partial charge in [0.1, 0.15) is 11.1 Å². The van der Waals surface area contributed by atoms with E-state index in [-0.39, 0.29) is 6.10 Å². The van der Waals surface area contributed by atoms with Crippen LogP contribution in [0.3, 0.4) is 0 Å². The van der Waals surface area contributed by atoms with Crippen molar-refractivity contribution in [3.8, 4) is 10.6 Å². The molecule has 1 unspecified atom stereocenters. The second kappa shape index (κ2) is 4.60. The van der Waals surface area contributed by atoms with Crippen LogP contribution in [-0.2, 0) is 4.74 Å². The average molecular weight is 249 g/mol. The molecule has 90 valence electrons. The fourth-order valence-corrected chi connectivity index (χ4v) is 3.13. The third-order valence-corrected chi connectivity index (χ3v) is 4.20. The molecule has 0 bridgehead atoms. The summed E-state index contributed by atoms with van der Waals surface area (Å²) in [7, 11) is 0. The number of hydrogen-bond donors (Lipinski definition) is 2. The Hall–Kier alpha value is -1.17. The minimum atomic E-state index is 0.161. The molecule has 1 atom stereocenters. The third-order valence-electron chi connectivity index (χ3n) is 2.90. The average Bonchev–Trinajstić information content (AvgIpc) is 2.99. The molecule has 2 N–H and O–H groups in total. The lowest BCUT2D eigenvalue weighted by Crippen LogP contribution is -2.33. The van der Waals surface area contributed by atoms with Gasteiger partial charge in [0.25, 0.3) is 0 Å². The molecule has 4 nitrogen and oxygen atoms in total. The van der Waals surface area contributed by atoms with Gasteiger partial charge in [0.2, 0.25) is 0 Å². The summed E-state index contributed by atoms with van der Waals surface area (Å²) in [5, 5.41) is 4.42. The van der Waals surface area contributed by atoms with Gasteiger partial charge in [0.15, 0.2) is 0 Å². The van der Waals surface area contributed by atoms with E-state index < -0.39 is 0 Å². The summed E-state index contributed by atoms with van der Waals surface area (Å²) in [5.74, 6) is 0. The van der Waals surface area contributed by atoms with Crippen molar-refractivity contribution in [1.29, 1.82) is 0 Å². The highest BCUT2D eigenvalue weighted by Gasteiger charge is 2.21. The Bertz CT molecular complexity index is 486. The summed E-state index contributed by atoms with van der Waals surface area (Å²) in [6.07, 6.45) is 4.06. The molecule has 1 aliphatic rings. The Kier molecular flexibility index (Phi) is 2.96. The number of morpholine rings is 1. The summed E-state index contributed by atoms with van der Waals surface area (Å²) in [6, 6.07) is 2.04. The molecule has 0 saturated carbocycles. The number of nitrogens with zero attached hydrogens (tertiary/aromatic N) is 1. The Morgan fingerprint density at radius 2 is 2.47 bits per heavy atom. The van der Waals surface area contributed by atoms with Gasteiger partial charge >= 0.3 is 0 Å². The van der Waals surface area contributed by atoms with Gasteiger partial charge in [-0.3, -0.25) is 0 Å². The first-order valence-electron chi connectivity index (χ1n) is 5.77. The molecule has 1 fully saturated rings. The maximum Gasteiger partial charge on any atom is 0.125 e. The molecule has 0 amide bonds. The van der Waals surface area contributed by atoms with E-state index in [9.17, 15) is 0 Å². The second-order valence-corrected chi connectivity index (χ2v) is 5.16. The summed E-state index contributed by atoms with van der Waals surface area (Å²) in [6.45, 7) is 4.66. The summed E-state index contributed by atoms with van der Waals surface area (Å²) in [5.41, 5.74) is 2.23. The Morgan fingerprint density at radius 1 is 1.53 bits per heavy atom. The first-order valence-corrected chi connectivity index (χ1v) is 6.59. The molecule has 1 saturated heterocycles. The van der Waals surface area contributed by atoms with Crippen LogP contribution >= 0.6 is 11.3 Å². The molecule has 0 aromatic carbocycles. The van der Waals surface area contributed by atoms with Gasteiger partial charge in [-0.25, -0.2) is 4.98 Å². The molecule has 1 aliphatic heterocycles. The third kappa shape index (κ3) is 2.13. The highest BCUT2D eigenvalue weighted by atomic mass is 32.1. The maximum atomic E-state index is 5.78. The topological polar surface area (TPSA) is 49.9 Å². The molecule has 0 aliphatic carbocycles. The number of aryl methyl sites for hydroxylation is 1. The number of nitrogens with one attached hydrogen (secondary N) is 2. The fourth-order valence-electron chi connectivity index (χ4n) is 2.02. The SMILES string of the molecule is Cc1nc(-c2cc[nH]c2)sc1C1CNCCO1. The van der Waals surface area contributed by atoms with E-state index in [1.165, 1.54) is 4.88 Å². The van der Waals surface area contributed by atoms with Crippen LogP contribution in [0.25, 0.3) is 10.6 Å². The van der Waals surface area contributed by atoms with Crippen LogP contribution in [0.15, 0.2) is 18.5 Å². The number of aromatic amines is 1. The molecule has 0 spiro atoms.